The molecule has 8 nitrogen and oxygen atoms in total. The van der Waals surface area contributed by atoms with Crippen molar-refractivity contribution in [1.29, 1.82) is 0 Å². The number of hydrogen-bond acceptors (Lipinski definition) is 7. The molecule has 0 amide bonds. The Morgan fingerprint density at radius 2 is 1.72 bits per heavy atom. The van der Waals surface area contributed by atoms with Crippen molar-refractivity contribution < 1.29 is 28.6 Å². The summed E-state index contributed by atoms with van der Waals surface area (Å²) < 4.78 is 17.7. The Morgan fingerprint density at radius 3 is 2.47 bits per heavy atom. The average molecular weight is 434 g/mol. The number of carbonyl (C=O) groups is 3. The fourth-order valence-electron chi connectivity index (χ4n) is 3.51. The molecule has 0 N–H and O–H groups in total. The van der Waals surface area contributed by atoms with E-state index in [1.54, 1.807) is 36.7 Å². The van der Waals surface area contributed by atoms with Gasteiger partial charge in [0.1, 0.15) is 0 Å². The molecule has 164 valence electrons. The largest absolute Gasteiger partial charge is 0.490 e. The number of Topliss-reactive ketones (excluding diaryl/α,β-unsaturated/α-hetero) is 2. The van der Waals surface area contributed by atoms with Crippen LogP contribution in [0.2, 0.25) is 0 Å². The molecule has 0 bridgehead atoms. The van der Waals surface area contributed by atoms with Crippen molar-refractivity contribution in [2.45, 2.75) is 20.3 Å². The fraction of sp³-hybridized carbons (Fsp3) is 0.250. The van der Waals surface area contributed by atoms with E-state index in [-0.39, 0.29) is 5.56 Å². The minimum Gasteiger partial charge on any atom is -0.490 e. The molecule has 1 aliphatic heterocycles. The first-order chi connectivity index (χ1) is 15.5. The van der Waals surface area contributed by atoms with Crippen molar-refractivity contribution in [2.75, 3.05) is 19.8 Å². The van der Waals surface area contributed by atoms with Crippen molar-refractivity contribution in [1.82, 2.24) is 9.78 Å². The predicted molar refractivity (Wildman–Crippen MR) is 115 cm³/mol. The summed E-state index contributed by atoms with van der Waals surface area (Å²) in [7, 11) is 0. The Balaban J connectivity index is 1.45. The molecule has 4 rings (SSSR count). The highest BCUT2D eigenvalue weighted by atomic mass is 16.5. The third kappa shape index (κ3) is 4.25. The average Bonchev–Trinajstić information content (AvgIpc) is 2.96. The smallest absolute Gasteiger partial charge is 0.380 e. The first-order valence-electron chi connectivity index (χ1n) is 10.2. The molecule has 0 unspecified atom stereocenters. The highest BCUT2D eigenvalue weighted by Crippen LogP contribution is 2.30. The van der Waals surface area contributed by atoms with Gasteiger partial charge in [-0.15, -0.1) is 0 Å². The van der Waals surface area contributed by atoms with E-state index in [9.17, 15) is 14.4 Å². The molecule has 3 aromatic rings. The number of aryl methyl sites for hydroxylation is 1. The molecule has 1 aliphatic rings. The molecule has 0 saturated carbocycles. The summed E-state index contributed by atoms with van der Waals surface area (Å²) in [6.45, 7) is 3.82. The van der Waals surface area contributed by atoms with Crippen LogP contribution in [-0.2, 0) is 9.53 Å². The number of fused-ring (bicyclic) bond motifs is 1. The number of ketones is 2. The number of para-hydroxylation sites is 1. The first-order valence-corrected chi connectivity index (χ1v) is 10.2. The molecule has 0 radical (unpaired) electrons. The van der Waals surface area contributed by atoms with E-state index in [4.69, 9.17) is 14.2 Å². The Labute approximate surface area is 184 Å². The van der Waals surface area contributed by atoms with Crippen molar-refractivity contribution in [3.05, 3.63) is 71.0 Å². The third-order valence-electron chi connectivity index (χ3n) is 5.11. The third-order valence-corrected chi connectivity index (χ3v) is 5.11. The Bertz CT molecular complexity index is 1180. The lowest BCUT2D eigenvalue weighted by molar-refractivity contribution is -0.137. The summed E-state index contributed by atoms with van der Waals surface area (Å²) in [6.07, 6.45) is 0.747. The number of ether oxygens (including phenoxy) is 3. The van der Waals surface area contributed by atoms with Gasteiger partial charge in [-0.25, -0.2) is 9.48 Å². The van der Waals surface area contributed by atoms with Crippen molar-refractivity contribution in [3.8, 4) is 17.2 Å². The molecular formula is C24H22N2O6. The second-order valence-electron chi connectivity index (χ2n) is 7.33. The van der Waals surface area contributed by atoms with Gasteiger partial charge in [0.2, 0.25) is 0 Å². The quantitative estimate of drug-likeness (QED) is 0.334. The molecule has 0 aliphatic carbocycles. The van der Waals surface area contributed by atoms with Crippen LogP contribution < -0.4 is 9.47 Å². The van der Waals surface area contributed by atoms with E-state index in [1.165, 1.54) is 0 Å². The minimum atomic E-state index is -1.11. The molecule has 8 heteroatoms. The summed E-state index contributed by atoms with van der Waals surface area (Å²) in [4.78, 5) is 37.6. The van der Waals surface area contributed by atoms with Crippen LogP contribution in [0.25, 0.3) is 5.69 Å². The highest BCUT2D eigenvalue weighted by molar-refractivity contribution is 6.41. The van der Waals surface area contributed by atoms with E-state index >= 15 is 0 Å². The summed E-state index contributed by atoms with van der Waals surface area (Å²) in [5.74, 6) is -1.36. The van der Waals surface area contributed by atoms with Gasteiger partial charge >= 0.3 is 5.97 Å². The molecule has 2 heterocycles. The van der Waals surface area contributed by atoms with E-state index in [0.717, 1.165) is 12.1 Å². The zero-order valence-electron chi connectivity index (χ0n) is 17.8. The molecule has 32 heavy (non-hydrogen) atoms. The zero-order valence-corrected chi connectivity index (χ0v) is 17.8. The number of nitrogens with zero attached hydrogens (tertiary/aromatic N) is 2. The molecule has 0 spiro atoms. The van der Waals surface area contributed by atoms with E-state index in [0.29, 0.717) is 41.7 Å². The van der Waals surface area contributed by atoms with Gasteiger partial charge in [-0.2, -0.15) is 5.10 Å². The van der Waals surface area contributed by atoms with Crippen LogP contribution in [0.1, 0.15) is 38.5 Å². The minimum absolute atomic E-state index is 0.168. The van der Waals surface area contributed by atoms with E-state index < -0.39 is 24.1 Å². The Kier molecular flexibility index (Phi) is 6.02. The lowest BCUT2D eigenvalue weighted by atomic mass is 10.1. The number of rotatable bonds is 6. The summed E-state index contributed by atoms with van der Waals surface area (Å²) >= 11 is 0. The maximum Gasteiger partial charge on any atom is 0.380 e. The van der Waals surface area contributed by atoms with Gasteiger partial charge in [-0.3, -0.25) is 9.59 Å². The molecule has 0 atom stereocenters. The number of aromatic nitrogens is 2. The van der Waals surface area contributed by atoms with Crippen LogP contribution in [0, 0.1) is 13.8 Å². The van der Waals surface area contributed by atoms with Gasteiger partial charge in [0, 0.05) is 12.0 Å². The van der Waals surface area contributed by atoms with Gasteiger partial charge in [0.05, 0.1) is 35.9 Å². The van der Waals surface area contributed by atoms with Crippen LogP contribution >= 0.6 is 0 Å². The molecule has 0 fully saturated rings. The van der Waals surface area contributed by atoms with Gasteiger partial charge in [0.25, 0.3) is 5.78 Å². The second kappa shape index (κ2) is 9.05. The molecule has 0 saturated heterocycles. The van der Waals surface area contributed by atoms with Crippen LogP contribution in [0.5, 0.6) is 11.5 Å². The first kappa shape index (κ1) is 21.3. The number of benzene rings is 2. The van der Waals surface area contributed by atoms with Crippen LogP contribution in [0.15, 0.2) is 48.5 Å². The Morgan fingerprint density at radius 1 is 1.00 bits per heavy atom. The van der Waals surface area contributed by atoms with Crippen LogP contribution in [0.4, 0.5) is 0 Å². The molecule has 2 aromatic carbocycles. The monoisotopic (exact) mass is 434 g/mol. The summed E-state index contributed by atoms with van der Waals surface area (Å²) in [5.41, 5.74) is 2.16. The zero-order chi connectivity index (χ0) is 22.7. The van der Waals surface area contributed by atoms with E-state index in [2.05, 4.69) is 5.10 Å². The number of esters is 1. The lowest BCUT2D eigenvalue weighted by Gasteiger charge is -2.09. The van der Waals surface area contributed by atoms with Gasteiger partial charge in [0.15, 0.2) is 23.9 Å². The van der Waals surface area contributed by atoms with Gasteiger partial charge < -0.3 is 14.2 Å². The summed E-state index contributed by atoms with van der Waals surface area (Å²) in [5, 5.41) is 4.37. The standard InChI is InChI=1S/C24H22N2O6/c1-15-22(16(2)26(25-15)18-7-4-3-5-8-18)23(28)24(29)32-14-19(27)17-9-10-20-21(13-17)31-12-6-11-30-20/h3-5,7-10,13H,6,11-12,14H2,1-2H3. The predicted octanol–water partition coefficient (Wildman–Crippen LogP) is 3.26. The SMILES string of the molecule is Cc1nn(-c2ccccc2)c(C)c1C(=O)C(=O)OCC(=O)c1ccc2c(c1)OCCCO2. The van der Waals surface area contributed by atoms with Gasteiger partial charge in [-0.1, -0.05) is 18.2 Å². The fourth-order valence-corrected chi connectivity index (χ4v) is 3.51. The van der Waals surface area contributed by atoms with Crippen LogP contribution in [-0.4, -0.2) is 47.1 Å². The lowest BCUT2D eigenvalue weighted by Crippen LogP contribution is -2.22. The number of carbonyl (C=O) groups excluding carboxylic acids is 3. The van der Waals surface area contributed by atoms with Crippen LogP contribution in [0.3, 0.4) is 0 Å². The van der Waals surface area contributed by atoms with Crippen molar-refractivity contribution in [2.24, 2.45) is 0 Å². The van der Waals surface area contributed by atoms with Crippen molar-refractivity contribution >= 4 is 17.5 Å². The van der Waals surface area contributed by atoms with Crippen molar-refractivity contribution in [3.63, 3.8) is 0 Å². The molecule has 1 aromatic heterocycles. The normalized spacial score (nSPS) is 12.7. The maximum atomic E-state index is 12.7. The topological polar surface area (TPSA) is 96.7 Å². The van der Waals surface area contributed by atoms with Gasteiger partial charge in [-0.05, 0) is 44.2 Å². The second-order valence-corrected chi connectivity index (χ2v) is 7.33. The maximum absolute atomic E-state index is 12.7. The Hall–Kier alpha value is -3.94. The number of hydrogen-bond donors (Lipinski definition) is 0. The molecular weight excluding hydrogens is 412 g/mol. The summed E-state index contributed by atoms with van der Waals surface area (Å²) in [6, 6.07) is 14.0. The highest BCUT2D eigenvalue weighted by Gasteiger charge is 2.27. The van der Waals surface area contributed by atoms with E-state index in [1.807, 2.05) is 30.3 Å².